The molecule has 0 heterocycles. The number of hydrogen-bond acceptors (Lipinski definition) is 3. The van der Waals surface area contributed by atoms with Crippen LogP contribution in [0.15, 0.2) is 24.3 Å². The van der Waals surface area contributed by atoms with E-state index in [2.05, 4.69) is 19.2 Å². The summed E-state index contributed by atoms with van der Waals surface area (Å²) in [5, 5.41) is 2.62. The summed E-state index contributed by atoms with van der Waals surface area (Å²) in [5.74, 6) is -0.00399. The number of rotatable bonds is 5. The first-order chi connectivity index (χ1) is 9.32. The number of amides is 2. The molecule has 0 bridgehead atoms. The molecule has 0 spiro atoms. The smallest absolute Gasteiger partial charge is 0.251 e. The molecule has 0 saturated carbocycles. The summed E-state index contributed by atoms with van der Waals surface area (Å²) in [6.07, 6.45) is 0. The molecular formula is C15H23N3O2. The fraction of sp³-hybridized carbons (Fsp3) is 0.467. The maximum atomic E-state index is 12.0. The van der Waals surface area contributed by atoms with Crippen molar-refractivity contribution in [3.05, 3.63) is 29.8 Å². The van der Waals surface area contributed by atoms with Crippen LogP contribution in [0.1, 0.15) is 31.1 Å². The van der Waals surface area contributed by atoms with Gasteiger partial charge in [0.25, 0.3) is 5.91 Å². The van der Waals surface area contributed by atoms with Gasteiger partial charge in [-0.1, -0.05) is 13.8 Å². The lowest BCUT2D eigenvalue weighted by atomic mass is 10.1. The third-order valence-electron chi connectivity index (χ3n) is 3.54. The Morgan fingerprint density at radius 1 is 1.20 bits per heavy atom. The first-order valence-electron chi connectivity index (χ1n) is 6.72. The molecule has 1 aromatic carbocycles. The molecule has 0 aliphatic rings. The van der Waals surface area contributed by atoms with E-state index in [0.29, 0.717) is 17.2 Å². The number of hydrogen-bond donors (Lipinski definition) is 2. The summed E-state index contributed by atoms with van der Waals surface area (Å²) in [7, 11) is 1.75. The van der Waals surface area contributed by atoms with Crippen LogP contribution < -0.4 is 11.1 Å². The summed E-state index contributed by atoms with van der Waals surface area (Å²) in [4.78, 5) is 25.5. The molecule has 20 heavy (non-hydrogen) atoms. The number of likely N-dealkylation sites (N-methyl/N-ethyl adjacent to an activating group) is 1. The van der Waals surface area contributed by atoms with E-state index in [1.807, 2.05) is 6.92 Å². The molecule has 0 aromatic heterocycles. The number of anilines is 1. The molecule has 1 rings (SSSR count). The standard InChI is InChI=1S/C15H23N3O2/c1-10(2)11(3)18(4)14(19)9-17-15(20)12-5-7-13(16)8-6-12/h5-8,10-11H,9,16H2,1-4H3,(H,17,20). The number of carbonyl (C=O) groups is 2. The Bertz CT molecular complexity index is 469. The molecular weight excluding hydrogens is 254 g/mol. The molecule has 110 valence electrons. The highest BCUT2D eigenvalue weighted by molar-refractivity contribution is 5.96. The lowest BCUT2D eigenvalue weighted by molar-refractivity contribution is -0.131. The Morgan fingerprint density at radius 2 is 1.75 bits per heavy atom. The van der Waals surface area contributed by atoms with Gasteiger partial charge in [0.15, 0.2) is 0 Å². The SMILES string of the molecule is CC(C)C(C)N(C)C(=O)CNC(=O)c1ccc(N)cc1. The van der Waals surface area contributed by atoms with Crippen LogP contribution in [-0.2, 0) is 4.79 Å². The second-order valence-electron chi connectivity index (χ2n) is 5.29. The van der Waals surface area contributed by atoms with E-state index >= 15 is 0 Å². The van der Waals surface area contributed by atoms with Crippen LogP contribution in [0, 0.1) is 5.92 Å². The average molecular weight is 277 g/mol. The van der Waals surface area contributed by atoms with E-state index in [-0.39, 0.29) is 24.4 Å². The molecule has 0 radical (unpaired) electrons. The summed E-state index contributed by atoms with van der Waals surface area (Å²) in [6, 6.07) is 6.72. The van der Waals surface area contributed by atoms with Crippen molar-refractivity contribution in [2.45, 2.75) is 26.8 Å². The van der Waals surface area contributed by atoms with Crippen LogP contribution in [0.25, 0.3) is 0 Å². The van der Waals surface area contributed by atoms with Gasteiger partial charge in [-0.25, -0.2) is 0 Å². The Labute approximate surface area is 120 Å². The van der Waals surface area contributed by atoms with Crippen molar-refractivity contribution in [3.8, 4) is 0 Å². The fourth-order valence-electron chi connectivity index (χ4n) is 1.69. The lowest BCUT2D eigenvalue weighted by Gasteiger charge is -2.28. The number of nitrogens with one attached hydrogen (secondary N) is 1. The molecule has 0 saturated heterocycles. The van der Waals surface area contributed by atoms with Gasteiger partial charge in [0.05, 0.1) is 6.54 Å². The number of nitrogens with zero attached hydrogens (tertiary/aromatic N) is 1. The Morgan fingerprint density at radius 3 is 2.25 bits per heavy atom. The van der Waals surface area contributed by atoms with E-state index in [4.69, 9.17) is 5.73 Å². The Kier molecular flexibility index (Phi) is 5.55. The van der Waals surface area contributed by atoms with Crippen molar-refractivity contribution in [2.75, 3.05) is 19.3 Å². The highest BCUT2D eigenvalue weighted by Crippen LogP contribution is 2.08. The Balaban J connectivity index is 2.52. The molecule has 5 nitrogen and oxygen atoms in total. The minimum Gasteiger partial charge on any atom is -0.399 e. The molecule has 2 amide bonds. The average Bonchev–Trinajstić information content (AvgIpc) is 2.43. The minimum absolute atomic E-state index is 0.00320. The van der Waals surface area contributed by atoms with Crippen LogP contribution in [0.3, 0.4) is 0 Å². The molecule has 1 unspecified atom stereocenters. The van der Waals surface area contributed by atoms with Gasteiger partial charge in [0, 0.05) is 24.3 Å². The highest BCUT2D eigenvalue weighted by Gasteiger charge is 2.18. The van der Waals surface area contributed by atoms with Gasteiger partial charge >= 0.3 is 0 Å². The molecule has 1 aromatic rings. The molecule has 5 heteroatoms. The van der Waals surface area contributed by atoms with E-state index in [1.165, 1.54) is 0 Å². The zero-order valence-electron chi connectivity index (χ0n) is 12.5. The molecule has 3 N–H and O–H groups in total. The van der Waals surface area contributed by atoms with Crippen molar-refractivity contribution in [2.24, 2.45) is 5.92 Å². The zero-order valence-corrected chi connectivity index (χ0v) is 12.5. The van der Waals surface area contributed by atoms with Gasteiger partial charge in [-0.15, -0.1) is 0 Å². The lowest BCUT2D eigenvalue weighted by Crippen LogP contribution is -2.44. The van der Waals surface area contributed by atoms with Crippen LogP contribution in [-0.4, -0.2) is 36.3 Å². The highest BCUT2D eigenvalue weighted by atomic mass is 16.2. The van der Waals surface area contributed by atoms with Crippen LogP contribution >= 0.6 is 0 Å². The second kappa shape index (κ2) is 6.93. The predicted molar refractivity (Wildman–Crippen MR) is 80.3 cm³/mol. The zero-order chi connectivity index (χ0) is 15.3. The summed E-state index contributed by atoms with van der Waals surface area (Å²) >= 11 is 0. The monoisotopic (exact) mass is 277 g/mol. The van der Waals surface area contributed by atoms with Gasteiger partial charge in [0.2, 0.25) is 5.91 Å². The Hall–Kier alpha value is -2.04. The van der Waals surface area contributed by atoms with Crippen LogP contribution in [0.4, 0.5) is 5.69 Å². The van der Waals surface area contributed by atoms with Gasteiger partial charge in [0.1, 0.15) is 0 Å². The normalized spacial score (nSPS) is 12.1. The van der Waals surface area contributed by atoms with Crippen molar-refractivity contribution in [3.63, 3.8) is 0 Å². The van der Waals surface area contributed by atoms with E-state index in [1.54, 1.807) is 36.2 Å². The van der Waals surface area contributed by atoms with Crippen LogP contribution in [0.2, 0.25) is 0 Å². The topological polar surface area (TPSA) is 75.4 Å². The number of nitrogen functional groups attached to an aromatic ring is 1. The predicted octanol–water partition coefficient (Wildman–Crippen LogP) is 1.50. The van der Waals surface area contributed by atoms with Crippen molar-refractivity contribution < 1.29 is 9.59 Å². The van der Waals surface area contributed by atoms with Gasteiger partial charge in [-0.05, 0) is 37.1 Å². The molecule has 0 fully saturated rings. The van der Waals surface area contributed by atoms with Crippen LogP contribution in [0.5, 0.6) is 0 Å². The summed E-state index contributed by atoms with van der Waals surface area (Å²) < 4.78 is 0. The van der Waals surface area contributed by atoms with E-state index < -0.39 is 0 Å². The fourth-order valence-corrected chi connectivity index (χ4v) is 1.69. The second-order valence-corrected chi connectivity index (χ2v) is 5.29. The van der Waals surface area contributed by atoms with Crippen molar-refractivity contribution >= 4 is 17.5 Å². The maximum Gasteiger partial charge on any atom is 0.251 e. The summed E-state index contributed by atoms with van der Waals surface area (Å²) in [5.41, 5.74) is 6.65. The van der Waals surface area contributed by atoms with E-state index in [0.717, 1.165) is 0 Å². The van der Waals surface area contributed by atoms with Crippen molar-refractivity contribution in [1.29, 1.82) is 0 Å². The minimum atomic E-state index is -0.274. The third kappa shape index (κ3) is 4.26. The third-order valence-corrected chi connectivity index (χ3v) is 3.54. The van der Waals surface area contributed by atoms with Crippen molar-refractivity contribution in [1.82, 2.24) is 10.2 Å². The van der Waals surface area contributed by atoms with E-state index in [9.17, 15) is 9.59 Å². The number of carbonyl (C=O) groups excluding carboxylic acids is 2. The quantitative estimate of drug-likeness (QED) is 0.801. The number of benzene rings is 1. The van der Waals surface area contributed by atoms with Gasteiger partial charge < -0.3 is 16.0 Å². The van der Waals surface area contributed by atoms with Gasteiger partial charge in [-0.3, -0.25) is 9.59 Å². The maximum absolute atomic E-state index is 12.0. The largest absolute Gasteiger partial charge is 0.399 e. The first-order valence-corrected chi connectivity index (χ1v) is 6.72. The van der Waals surface area contributed by atoms with Gasteiger partial charge in [-0.2, -0.15) is 0 Å². The molecule has 1 atom stereocenters. The molecule has 0 aliphatic heterocycles. The molecule has 0 aliphatic carbocycles. The summed E-state index contributed by atoms with van der Waals surface area (Å²) in [6.45, 7) is 6.10. The number of nitrogens with two attached hydrogens (primary N) is 1. The first kappa shape index (κ1) is 16.0.